The van der Waals surface area contributed by atoms with Crippen molar-refractivity contribution in [3.63, 3.8) is 0 Å². The number of nitrogens with zero attached hydrogens (tertiary/aromatic N) is 2. The molecule has 0 atom stereocenters. The van der Waals surface area contributed by atoms with Crippen LogP contribution >= 0.6 is 11.3 Å². The summed E-state index contributed by atoms with van der Waals surface area (Å²) in [6.45, 7) is 5.38. The number of aromatic amines is 1. The van der Waals surface area contributed by atoms with Gasteiger partial charge in [-0.3, -0.25) is 4.90 Å². The van der Waals surface area contributed by atoms with Crippen LogP contribution in [0.5, 0.6) is 5.75 Å². The number of thiazole rings is 1. The lowest BCUT2D eigenvalue weighted by Gasteiger charge is -2.27. The lowest BCUT2D eigenvalue weighted by Crippen LogP contribution is -3.13. The van der Waals surface area contributed by atoms with Crippen LogP contribution in [-0.2, 0) is 6.54 Å². The van der Waals surface area contributed by atoms with Crippen molar-refractivity contribution in [2.75, 3.05) is 38.2 Å². The molecule has 3 heterocycles. The number of benzene rings is 1. The highest BCUT2D eigenvalue weighted by molar-refractivity contribution is 7.13. The summed E-state index contributed by atoms with van der Waals surface area (Å²) in [5, 5.41) is 3.22. The van der Waals surface area contributed by atoms with E-state index in [1.165, 1.54) is 11.5 Å². The molecule has 3 aromatic rings. The third kappa shape index (κ3) is 3.71. The molecule has 26 heavy (non-hydrogen) atoms. The standard InChI is InChI=1S/C20H22N4OS/c1-25-18-7-3-2-6-17(18)20-22-16(15-26-20)14-23-10-12-24(13-11-23)19-8-4-5-9-21-19/h2-9,15H,10-14H2,1H3/p+2. The third-order valence-corrected chi connectivity index (χ3v) is 5.75. The van der Waals surface area contributed by atoms with Crippen LogP contribution in [0.3, 0.4) is 0 Å². The molecule has 5 nitrogen and oxygen atoms in total. The Morgan fingerprint density at radius 1 is 1.15 bits per heavy atom. The van der Waals surface area contributed by atoms with E-state index < -0.39 is 0 Å². The summed E-state index contributed by atoms with van der Waals surface area (Å²) >= 11 is 1.70. The molecule has 0 saturated carbocycles. The summed E-state index contributed by atoms with van der Waals surface area (Å²) in [6, 6.07) is 14.3. The molecule has 1 aromatic carbocycles. The summed E-state index contributed by atoms with van der Waals surface area (Å²) in [5.41, 5.74) is 2.25. The number of methoxy groups -OCH3 is 1. The van der Waals surface area contributed by atoms with Crippen molar-refractivity contribution < 1.29 is 14.6 Å². The van der Waals surface area contributed by atoms with Crippen LogP contribution in [0.4, 0.5) is 5.82 Å². The molecule has 1 fully saturated rings. The maximum absolute atomic E-state index is 5.47. The number of pyridine rings is 1. The predicted octanol–water partition coefficient (Wildman–Crippen LogP) is 1.54. The molecule has 2 aromatic heterocycles. The van der Waals surface area contributed by atoms with Gasteiger partial charge < -0.3 is 9.64 Å². The number of para-hydroxylation sites is 1. The van der Waals surface area contributed by atoms with E-state index in [1.54, 1.807) is 23.3 Å². The van der Waals surface area contributed by atoms with Gasteiger partial charge in [0.05, 0.1) is 18.9 Å². The van der Waals surface area contributed by atoms with E-state index in [-0.39, 0.29) is 0 Å². The Kier molecular flexibility index (Phi) is 5.13. The zero-order valence-electron chi connectivity index (χ0n) is 14.9. The second kappa shape index (κ2) is 7.85. The van der Waals surface area contributed by atoms with Crippen LogP contribution in [0.25, 0.3) is 10.6 Å². The van der Waals surface area contributed by atoms with Crippen molar-refractivity contribution in [1.82, 2.24) is 4.98 Å². The Hall–Kier alpha value is -2.44. The van der Waals surface area contributed by atoms with Crippen molar-refractivity contribution in [3.05, 3.63) is 59.7 Å². The fraction of sp³-hybridized carbons (Fsp3) is 0.300. The Bertz CT molecular complexity index is 844. The van der Waals surface area contributed by atoms with Crippen molar-refractivity contribution in [3.8, 4) is 16.3 Å². The van der Waals surface area contributed by atoms with Crippen LogP contribution in [0.2, 0.25) is 0 Å². The first-order valence-electron chi connectivity index (χ1n) is 8.96. The predicted molar refractivity (Wildman–Crippen MR) is 104 cm³/mol. The molecule has 0 bridgehead atoms. The number of piperazine rings is 1. The number of hydrogen-bond acceptors (Lipinski definition) is 4. The number of H-pyrrole nitrogens is 1. The molecule has 0 spiro atoms. The molecule has 0 aliphatic carbocycles. The van der Waals surface area contributed by atoms with Gasteiger partial charge in [0.15, 0.2) is 0 Å². The summed E-state index contributed by atoms with van der Waals surface area (Å²) in [6.07, 6.45) is 1.99. The van der Waals surface area contributed by atoms with E-state index in [4.69, 9.17) is 9.72 Å². The van der Waals surface area contributed by atoms with Gasteiger partial charge in [0.2, 0.25) is 0 Å². The molecule has 6 heteroatoms. The van der Waals surface area contributed by atoms with Gasteiger partial charge in [-0.2, -0.15) is 0 Å². The molecule has 2 N–H and O–H groups in total. The number of rotatable bonds is 5. The average molecular weight is 369 g/mol. The lowest BCUT2D eigenvalue weighted by atomic mass is 10.2. The van der Waals surface area contributed by atoms with Gasteiger partial charge in [-0.15, -0.1) is 11.3 Å². The van der Waals surface area contributed by atoms with E-state index in [0.29, 0.717) is 0 Å². The minimum atomic E-state index is 0.883. The molecular formula is C20H24N4OS+2. The van der Waals surface area contributed by atoms with Gasteiger partial charge in [0, 0.05) is 11.4 Å². The maximum Gasteiger partial charge on any atom is 0.274 e. The number of ether oxygens (including phenoxy) is 1. The molecule has 134 valence electrons. The largest absolute Gasteiger partial charge is 0.496 e. The fourth-order valence-corrected chi connectivity index (χ4v) is 4.26. The molecule has 1 aliphatic rings. The summed E-state index contributed by atoms with van der Waals surface area (Å²) < 4.78 is 5.47. The van der Waals surface area contributed by atoms with Crippen molar-refractivity contribution >= 4 is 17.2 Å². The average Bonchev–Trinajstić information content (AvgIpc) is 3.17. The van der Waals surface area contributed by atoms with E-state index in [9.17, 15) is 0 Å². The second-order valence-corrected chi connectivity index (χ2v) is 7.36. The normalized spacial score (nSPS) is 15.2. The Labute approximate surface area is 157 Å². The highest BCUT2D eigenvalue weighted by atomic mass is 32.1. The monoisotopic (exact) mass is 368 g/mol. The maximum atomic E-state index is 5.47. The molecular weight excluding hydrogens is 344 g/mol. The van der Waals surface area contributed by atoms with Gasteiger partial charge in [0.1, 0.15) is 49.2 Å². The van der Waals surface area contributed by atoms with Crippen molar-refractivity contribution in [2.45, 2.75) is 6.54 Å². The molecule has 0 radical (unpaired) electrons. The minimum Gasteiger partial charge on any atom is -0.496 e. The first-order valence-corrected chi connectivity index (χ1v) is 9.84. The van der Waals surface area contributed by atoms with E-state index in [2.05, 4.69) is 33.5 Å². The minimum absolute atomic E-state index is 0.883. The van der Waals surface area contributed by atoms with Crippen LogP contribution in [0.15, 0.2) is 54.0 Å². The van der Waals surface area contributed by atoms with Gasteiger partial charge >= 0.3 is 0 Å². The van der Waals surface area contributed by atoms with Crippen molar-refractivity contribution in [1.29, 1.82) is 0 Å². The number of anilines is 1. The highest BCUT2D eigenvalue weighted by Gasteiger charge is 2.26. The SMILES string of the molecule is COc1ccccc1-c1nc(C[NH+]2CCN(c3cccc[nH+]3)CC2)cs1. The van der Waals surface area contributed by atoms with Crippen LogP contribution in [0.1, 0.15) is 5.69 Å². The summed E-state index contributed by atoms with van der Waals surface area (Å²) in [4.78, 5) is 12.2. The van der Waals surface area contributed by atoms with Crippen LogP contribution in [-0.4, -0.2) is 38.3 Å². The van der Waals surface area contributed by atoms with Gasteiger partial charge in [-0.05, 0) is 18.2 Å². The van der Waals surface area contributed by atoms with E-state index >= 15 is 0 Å². The second-order valence-electron chi connectivity index (χ2n) is 6.51. The van der Waals surface area contributed by atoms with Crippen molar-refractivity contribution in [2.24, 2.45) is 0 Å². The lowest BCUT2D eigenvalue weighted by molar-refractivity contribution is -0.914. The Morgan fingerprint density at radius 3 is 2.73 bits per heavy atom. The first kappa shape index (κ1) is 17.0. The number of nitrogens with one attached hydrogen (secondary N) is 2. The van der Waals surface area contributed by atoms with Gasteiger partial charge in [-0.1, -0.05) is 18.2 Å². The molecule has 1 saturated heterocycles. The highest BCUT2D eigenvalue weighted by Crippen LogP contribution is 2.31. The number of quaternary nitrogens is 1. The molecule has 0 amide bonds. The quantitative estimate of drug-likeness (QED) is 0.743. The van der Waals surface area contributed by atoms with Crippen LogP contribution < -0.4 is 19.5 Å². The van der Waals surface area contributed by atoms with Gasteiger partial charge in [-0.25, -0.2) is 9.97 Å². The summed E-state index contributed by atoms with van der Waals surface area (Å²) in [5.74, 6) is 2.09. The molecule has 0 unspecified atom stereocenters. The van der Waals surface area contributed by atoms with Gasteiger partial charge in [0.25, 0.3) is 5.82 Å². The smallest absolute Gasteiger partial charge is 0.274 e. The number of aromatic nitrogens is 2. The fourth-order valence-electron chi connectivity index (χ4n) is 3.41. The first-order chi connectivity index (χ1) is 12.8. The Morgan fingerprint density at radius 2 is 1.96 bits per heavy atom. The zero-order valence-corrected chi connectivity index (χ0v) is 15.8. The molecule has 4 rings (SSSR count). The number of hydrogen-bond donors (Lipinski definition) is 1. The topological polar surface area (TPSA) is 43.9 Å². The Balaban J connectivity index is 1.38. The van der Waals surface area contributed by atoms with E-state index in [0.717, 1.165) is 49.0 Å². The van der Waals surface area contributed by atoms with Crippen LogP contribution in [0, 0.1) is 0 Å². The molecule has 1 aliphatic heterocycles. The summed E-state index contributed by atoms with van der Waals surface area (Å²) in [7, 11) is 1.71. The zero-order chi connectivity index (χ0) is 17.8. The van der Waals surface area contributed by atoms with E-state index in [1.807, 2.05) is 30.5 Å². The third-order valence-electron chi connectivity index (χ3n) is 4.82.